The lowest BCUT2D eigenvalue weighted by molar-refractivity contribution is 0.582. The molecule has 0 bridgehead atoms. The molecule has 4 nitrogen and oxygen atoms in total. The maximum absolute atomic E-state index is 5.81. The summed E-state index contributed by atoms with van der Waals surface area (Å²) in [6.45, 7) is 4.21. The maximum atomic E-state index is 5.81. The fourth-order valence-corrected chi connectivity index (χ4v) is 2.16. The Morgan fingerprint density at radius 1 is 1.26 bits per heavy atom. The van der Waals surface area contributed by atoms with Crippen LogP contribution < -0.4 is 4.43 Å². The normalized spacial score (nSPS) is 11.1. The lowest BCUT2D eigenvalue weighted by Gasteiger charge is -2.10. The molecule has 1 radical (unpaired) electrons. The fourth-order valence-electron chi connectivity index (χ4n) is 1.55. The molecule has 19 heavy (non-hydrogen) atoms. The smallest absolute Gasteiger partial charge is 0.274 e. The Labute approximate surface area is 114 Å². The Balaban J connectivity index is 2.06. The molecule has 1 aromatic carbocycles. The molecule has 97 valence electrons. The van der Waals surface area contributed by atoms with E-state index in [9.17, 15) is 0 Å². The highest BCUT2D eigenvalue weighted by atomic mass is 28.3. The van der Waals surface area contributed by atoms with Gasteiger partial charge in [0.05, 0.1) is 0 Å². The number of benzene rings is 1. The number of nitrogens with zero attached hydrogens (tertiary/aromatic N) is 3. The standard InChI is InChI=1S/C14H16N3OSi/c1-19(2)18-14-6-4-3-5-13(14)16-10-8-12-7-9-15-11-17-12/h3-7,9-11H,8H2,1-2H3. The molecule has 0 unspecified atom stereocenters. The van der Waals surface area contributed by atoms with Gasteiger partial charge >= 0.3 is 0 Å². The van der Waals surface area contributed by atoms with Crippen LogP contribution >= 0.6 is 0 Å². The van der Waals surface area contributed by atoms with Gasteiger partial charge < -0.3 is 4.43 Å². The van der Waals surface area contributed by atoms with E-state index in [0.717, 1.165) is 17.1 Å². The van der Waals surface area contributed by atoms with Gasteiger partial charge in [-0.25, -0.2) is 9.97 Å². The van der Waals surface area contributed by atoms with Crippen molar-refractivity contribution in [3.05, 3.63) is 48.5 Å². The van der Waals surface area contributed by atoms with Gasteiger partial charge in [-0.05, 0) is 31.3 Å². The van der Waals surface area contributed by atoms with Crippen LogP contribution in [-0.2, 0) is 6.42 Å². The average Bonchev–Trinajstić information content (AvgIpc) is 2.41. The highest BCUT2D eigenvalue weighted by Gasteiger charge is 2.04. The summed E-state index contributed by atoms with van der Waals surface area (Å²) in [6.07, 6.45) is 5.81. The molecule has 0 fully saturated rings. The second-order valence-electron chi connectivity index (χ2n) is 4.19. The zero-order valence-electron chi connectivity index (χ0n) is 11.1. The second kappa shape index (κ2) is 6.80. The fraction of sp³-hybridized carbons (Fsp3) is 0.214. The van der Waals surface area contributed by atoms with Crippen molar-refractivity contribution in [3.63, 3.8) is 0 Å². The average molecular weight is 270 g/mol. The molecule has 0 saturated carbocycles. The Morgan fingerprint density at radius 2 is 2.11 bits per heavy atom. The van der Waals surface area contributed by atoms with Crippen molar-refractivity contribution in [1.29, 1.82) is 0 Å². The summed E-state index contributed by atoms with van der Waals surface area (Å²) in [5, 5.41) is 0. The van der Waals surface area contributed by atoms with E-state index in [1.54, 1.807) is 12.5 Å². The van der Waals surface area contributed by atoms with Crippen LogP contribution in [0.2, 0.25) is 13.1 Å². The molecule has 0 aliphatic carbocycles. The van der Waals surface area contributed by atoms with Crippen molar-refractivity contribution in [2.24, 2.45) is 4.99 Å². The van der Waals surface area contributed by atoms with Crippen LogP contribution in [0, 0.1) is 0 Å². The third kappa shape index (κ3) is 4.29. The third-order valence-corrected chi connectivity index (χ3v) is 2.98. The molecule has 1 heterocycles. The Morgan fingerprint density at radius 3 is 2.84 bits per heavy atom. The predicted octanol–water partition coefficient (Wildman–Crippen LogP) is 3.05. The summed E-state index contributed by atoms with van der Waals surface area (Å²) in [5.74, 6) is 0.848. The predicted molar refractivity (Wildman–Crippen MR) is 78.4 cm³/mol. The summed E-state index contributed by atoms with van der Waals surface area (Å²) in [5.41, 5.74) is 1.82. The van der Waals surface area contributed by atoms with Gasteiger partial charge in [-0.1, -0.05) is 12.1 Å². The molecular weight excluding hydrogens is 254 g/mol. The molecule has 0 aliphatic rings. The van der Waals surface area contributed by atoms with Crippen molar-refractivity contribution < 1.29 is 4.43 Å². The lowest BCUT2D eigenvalue weighted by Crippen LogP contribution is -2.11. The van der Waals surface area contributed by atoms with Crippen molar-refractivity contribution in [1.82, 2.24) is 9.97 Å². The summed E-state index contributed by atoms with van der Waals surface area (Å²) >= 11 is 0. The van der Waals surface area contributed by atoms with Crippen molar-refractivity contribution in [3.8, 4) is 5.75 Å². The molecule has 0 saturated heterocycles. The zero-order chi connectivity index (χ0) is 13.5. The van der Waals surface area contributed by atoms with Crippen molar-refractivity contribution in [2.45, 2.75) is 19.5 Å². The van der Waals surface area contributed by atoms with Crippen molar-refractivity contribution in [2.75, 3.05) is 0 Å². The third-order valence-electron chi connectivity index (χ3n) is 2.35. The second-order valence-corrected chi connectivity index (χ2v) is 6.22. The van der Waals surface area contributed by atoms with Gasteiger partial charge in [0.15, 0.2) is 0 Å². The first-order valence-electron chi connectivity index (χ1n) is 6.10. The van der Waals surface area contributed by atoms with E-state index in [1.165, 1.54) is 0 Å². The molecule has 0 aliphatic heterocycles. The molecular formula is C14H16N3OSi. The van der Waals surface area contributed by atoms with Crippen LogP contribution in [0.15, 0.2) is 47.8 Å². The Kier molecular flexibility index (Phi) is 4.80. The highest BCUT2D eigenvalue weighted by Crippen LogP contribution is 2.26. The van der Waals surface area contributed by atoms with Crippen LogP contribution in [0.5, 0.6) is 5.75 Å². The Hall–Kier alpha value is -2.01. The molecule has 0 amide bonds. The minimum absolute atomic E-state index is 0.687. The minimum Gasteiger partial charge on any atom is -0.541 e. The SMILES string of the molecule is C[Si](C)Oc1ccccc1N=CCc1ccncn1. The number of rotatable bonds is 5. The summed E-state index contributed by atoms with van der Waals surface area (Å²) < 4.78 is 5.81. The molecule has 2 rings (SSSR count). The van der Waals surface area contributed by atoms with Crippen LogP contribution in [0.1, 0.15) is 5.69 Å². The lowest BCUT2D eigenvalue weighted by atomic mass is 10.3. The highest BCUT2D eigenvalue weighted by molar-refractivity contribution is 6.49. The Bertz CT molecular complexity index is 543. The van der Waals surface area contributed by atoms with Gasteiger partial charge in [0.1, 0.15) is 17.8 Å². The van der Waals surface area contributed by atoms with Crippen LogP contribution in [0.4, 0.5) is 5.69 Å². The molecule has 5 heteroatoms. The number of aromatic nitrogens is 2. The van der Waals surface area contributed by atoms with Crippen LogP contribution in [-0.4, -0.2) is 25.2 Å². The van der Waals surface area contributed by atoms with Crippen LogP contribution in [0.3, 0.4) is 0 Å². The van der Waals surface area contributed by atoms with Gasteiger partial charge in [-0.15, -0.1) is 0 Å². The number of hydrogen-bond acceptors (Lipinski definition) is 4. The first-order chi connectivity index (χ1) is 9.25. The van der Waals surface area contributed by atoms with Gasteiger partial charge in [-0.2, -0.15) is 0 Å². The summed E-state index contributed by atoms with van der Waals surface area (Å²) in [4.78, 5) is 12.5. The van der Waals surface area contributed by atoms with E-state index in [4.69, 9.17) is 4.43 Å². The first-order valence-corrected chi connectivity index (χ1v) is 8.51. The van der Waals surface area contributed by atoms with Crippen LogP contribution in [0.25, 0.3) is 0 Å². The van der Waals surface area contributed by atoms with E-state index in [1.807, 2.05) is 36.5 Å². The summed E-state index contributed by atoms with van der Waals surface area (Å²) in [6, 6.07) is 9.71. The molecule has 1 aromatic heterocycles. The monoisotopic (exact) mass is 270 g/mol. The van der Waals surface area contributed by atoms with E-state index >= 15 is 0 Å². The van der Waals surface area contributed by atoms with E-state index in [-0.39, 0.29) is 0 Å². The van der Waals surface area contributed by atoms with Gasteiger partial charge in [-0.3, -0.25) is 4.99 Å². The van der Waals surface area contributed by atoms with Gasteiger partial charge in [0.2, 0.25) is 0 Å². The van der Waals surface area contributed by atoms with Gasteiger partial charge in [0.25, 0.3) is 9.04 Å². The quantitative estimate of drug-likeness (QED) is 0.619. The van der Waals surface area contributed by atoms with E-state index < -0.39 is 9.04 Å². The van der Waals surface area contributed by atoms with Crippen molar-refractivity contribution >= 4 is 20.9 Å². The largest absolute Gasteiger partial charge is 0.541 e. The van der Waals surface area contributed by atoms with E-state index in [2.05, 4.69) is 28.1 Å². The molecule has 2 aromatic rings. The van der Waals surface area contributed by atoms with Gasteiger partial charge in [0, 0.05) is 24.5 Å². The molecule has 0 atom stereocenters. The number of aliphatic imine (C=N–C) groups is 1. The summed E-state index contributed by atoms with van der Waals surface area (Å²) in [7, 11) is -0.780. The molecule has 0 spiro atoms. The number of hydrogen-bond donors (Lipinski definition) is 0. The first kappa shape index (κ1) is 13.4. The minimum atomic E-state index is -0.780. The molecule has 0 N–H and O–H groups in total. The maximum Gasteiger partial charge on any atom is 0.274 e. The van der Waals surface area contributed by atoms with E-state index in [0.29, 0.717) is 6.42 Å². The number of para-hydroxylation sites is 2. The zero-order valence-corrected chi connectivity index (χ0v) is 12.1. The topological polar surface area (TPSA) is 47.4 Å².